The maximum Gasteiger partial charge on any atom is 0.0790 e. The lowest BCUT2D eigenvalue weighted by Gasteiger charge is -2.37. The zero-order valence-electron chi connectivity index (χ0n) is 16.9. The number of nitrogens with one attached hydrogen (secondary N) is 2. The molecule has 25 heavy (non-hydrogen) atoms. The van der Waals surface area contributed by atoms with E-state index in [2.05, 4.69) is 61.9 Å². The minimum atomic E-state index is 0.176. The highest BCUT2D eigenvalue weighted by atomic mass is 32.2. The van der Waals surface area contributed by atoms with Gasteiger partial charge in [-0.15, -0.1) is 0 Å². The van der Waals surface area contributed by atoms with Gasteiger partial charge in [0.25, 0.3) is 0 Å². The maximum atomic E-state index is 5.83. The molecule has 0 spiro atoms. The van der Waals surface area contributed by atoms with Crippen LogP contribution in [0.4, 0.5) is 0 Å². The van der Waals surface area contributed by atoms with Gasteiger partial charge in [-0.3, -0.25) is 0 Å². The number of thioether (sulfide) groups is 2. The van der Waals surface area contributed by atoms with Gasteiger partial charge in [-0.2, -0.15) is 23.5 Å². The van der Waals surface area contributed by atoms with E-state index in [1.165, 1.54) is 31.8 Å². The molecule has 4 nitrogen and oxygen atoms in total. The van der Waals surface area contributed by atoms with Crippen LogP contribution in [0.3, 0.4) is 0 Å². The van der Waals surface area contributed by atoms with Crippen LogP contribution in [0.2, 0.25) is 0 Å². The van der Waals surface area contributed by atoms with Crippen molar-refractivity contribution in [3.05, 3.63) is 0 Å². The minimum absolute atomic E-state index is 0.176. The van der Waals surface area contributed by atoms with E-state index in [4.69, 9.17) is 4.74 Å². The van der Waals surface area contributed by atoms with Crippen molar-refractivity contribution in [1.82, 2.24) is 15.5 Å². The normalized spacial score (nSPS) is 26.8. The van der Waals surface area contributed by atoms with Crippen molar-refractivity contribution in [3.8, 4) is 0 Å². The van der Waals surface area contributed by atoms with Crippen molar-refractivity contribution in [2.45, 2.75) is 63.5 Å². The lowest BCUT2D eigenvalue weighted by Crippen LogP contribution is -2.50. The third kappa shape index (κ3) is 9.34. The number of nitrogens with zero attached hydrogens (tertiary/aromatic N) is 1. The van der Waals surface area contributed by atoms with Crippen molar-refractivity contribution < 1.29 is 4.74 Å². The smallest absolute Gasteiger partial charge is 0.0790 e. The molecule has 2 fully saturated rings. The van der Waals surface area contributed by atoms with E-state index in [-0.39, 0.29) is 11.1 Å². The van der Waals surface area contributed by atoms with Crippen LogP contribution in [0.5, 0.6) is 0 Å². The highest BCUT2D eigenvalue weighted by Crippen LogP contribution is 2.21. The molecule has 0 aromatic carbocycles. The summed E-state index contributed by atoms with van der Waals surface area (Å²) in [6, 6.07) is 0. The summed E-state index contributed by atoms with van der Waals surface area (Å²) < 4.78 is 5.83. The first-order valence-corrected chi connectivity index (χ1v) is 12.0. The average Bonchev–Trinajstić information content (AvgIpc) is 2.57. The molecule has 2 saturated heterocycles. The molecular weight excluding hydrogens is 350 g/mol. The van der Waals surface area contributed by atoms with Crippen molar-refractivity contribution in [3.63, 3.8) is 0 Å². The zero-order chi connectivity index (χ0) is 18.3. The molecule has 2 aliphatic rings. The van der Waals surface area contributed by atoms with Gasteiger partial charge >= 0.3 is 0 Å². The Bertz CT molecular complexity index is 381. The molecule has 0 radical (unpaired) electrons. The van der Waals surface area contributed by atoms with E-state index in [0.29, 0.717) is 6.10 Å². The first-order chi connectivity index (χ1) is 11.7. The summed E-state index contributed by atoms with van der Waals surface area (Å²) in [5, 5.41) is 8.13. The second kappa shape index (κ2) is 10.2. The molecule has 0 saturated carbocycles. The van der Waals surface area contributed by atoms with E-state index >= 15 is 0 Å². The molecule has 2 aliphatic heterocycles. The van der Waals surface area contributed by atoms with Crippen molar-refractivity contribution in [2.24, 2.45) is 0 Å². The van der Waals surface area contributed by atoms with Crippen LogP contribution in [-0.2, 0) is 4.74 Å². The number of rotatable bonds is 8. The fourth-order valence-electron chi connectivity index (χ4n) is 3.10. The monoisotopic (exact) mass is 389 g/mol. The predicted molar refractivity (Wildman–Crippen MR) is 114 cm³/mol. The van der Waals surface area contributed by atoms with Gasteiger partial charge in [-0.1, -0.05) is 0 Å². The molecule has 148 valence electrons. The Labute approximate surface area is 164 Å². The molecule has 2 heterocycles. The van der Waals surface area contributed by atoms with Crippen LogP contribution in [0.1, 0.15) is 41.0 Å². The van der Waals surface area contributed by atoms with Crippen LogP contribution in [0.15, 0.2) is 0 Å². The Morgan fingerprint density at radius 2 is 1.88 bits per heavy atom. The maximum absolute atomic E-state index is 5.83. The Kier molecular flexibility index (Phi) is 8.90. The highest BCUT2D eigenvalue weighted by molar-refractivity contribution is 8.00. The third-order valence-electron chi connectivity index (χ3n) is 4.83. The SMILES string of the molecule is CC(C)(C)NCC1CN(CCC(C)(C)NCC2CSCCO2)CCS1. The number of ether oxygens (including phenoxy) is 1. The standard InChI is InChI=1S/C19H39N3OS2/c1-18(2,3)20-13-17-14-22(8-10-25-17)7-6-19(4,5)21-12-16-15-24-11-9-23-16/h16-17,20-21H,6-15H2,1-5H3. The van der Waals surface area contributed by atoms with E-state index < -0.39 is 0 Å². The van der Waals surface area contributed by atoms with Gasteiger partial charge in [-0.05, 0) is 47.6 Å². The molecule has 0 aromatic heterocycles. The topological polar surface area (TPSA) is 36.5 Å². The van der Waals surface area contributed by atoms with Gasteiger partial charge < -0.3 is 20.3 Å². The van der Waals surface area contributed by atoms with E-state index in [0.717, 1.165) is 36.5 Å². The minimum Gasteiger partial charge on any atom is -0.375 e. The molecule has 0 aliphatic carbocycles. The van der Waals surface area contributed by atoms with Gasteiger partial charge in [-0.25, -0.2) is 0 Å². The zero-order valence-corrected chi connectivity index (χ0v) is 18.5. The van der Waals surface area contributed by atoms with Gasteiger partial charge in [0.2, 0.25) is 0 Å². The Morgan fingerprint density at radius 1 is 1.08 bits per heavy atom. The quantitative estimate of drug-likeness (QED) is 0.665. The summed E-state index contributed by atoms with van der Waals surface area (Å²) >= 11 is 4.15. The molecular formula is C19H39N3OS2. The van der Waals surface area contributed by atoms with Gasteiger partial charge in [0, 0.05) is 59.8 Å². The summed E-state index contributed by atoms with van der Waals surface area (Å²) in [4.78, 5) is 2.65. The largest absolute Gasteiger partial charge is 0.375 e. The molecule has 0 amide bonds. The predicted octanol–water partition coefficient (Wildman–Crippen LogP) is 2.68. The molecule has 6 heteroatoms. The lowest BCUT2D eigenvalue weighted by atomic mass is 10.00. The van der Waals surface area contributed by atoms with Crippen molar-refractivity contribution in [2.75, 3.05) is 56.6 Å². The van der Waals surface area contributed by atoms with Gasteiger partial charge in [0.05, 0.1) is 12.7 Å². The summed E-state index contributed by atoms with van der Waals surface area (Å²) in [5.74, 6) is 3.55. The third-order valence-corrected chi connectivity index (χ3v) is 7.10. The van der Waals surface area contributed by atoms with Crippen LogP contribution >= 0.6 is 23.5 Å². The highest BCUT2D eigenvalue weighted by Gasteiger charge is 2.25. The molecule has 2 N–H and O–H groups in total. The second-order valence-corrected chi connectivity index (χ2v) is 11.6. The number of hydrogen-bond donors (Lipinski definition) is 2. The molecule has 0 bridgehead atoms. The Balaban J connectivity index is 1.66. The van der Waals surface area contributed by atoms with E-state index in [1.54, 1.807) is 0 Å². The second-order valence-electron chi connectivity index (χ2n) is 9.01. The average molecular weight is 390 g/mol. The molecule has 2 rings (SSSR count). The summed E-state index contributed by atoms with van der Waals surface area (Å²) in [6.45, 7) is 18.1. The van der Waals surface area contributed by atoms with Crippen molar-refractivity contribution in [1.29, 1.82) is 0 Å². The molecule has 0 aromatic rings. The fourth-order valence-corrected chi connectivity index (χ4v) is 5.17. The molecule has 2 unspecified atom stereocenters. The number of hydrogen-bond acceptors (Lipinski definition) is 6. The van der Waals surface area contributed by atoms with Gasteiger partial charge in [0.1, 0.15) is 0 Å². The van der Waals surface area contributed by atoms with Crippen LogP contribution < -0.4 is 10.6 Å². The van der Waals surface area contributed by atoms with Gasteiger partial charge in [0.15, 0.2) is 0 Å². The summed E-state index contributed by atoms with van der Waals surface area (Å²) in [6.07, 6.45) is 1.58. The van der Waals surface area contributed by atoms with E-state index in [9.17, 15) is 0 Å². The molecule has 2 atom stereocenters. The van der Waals surface area contributed by atoms with Crippen LogP contribution in [0.25, 0.3) is 0 Å². The van der Waals surface area contributed by atoms with E-state index in [1.807, 2.05) is 11.8 Å². The van der Waals surface area contributed by atoms with Crippen LogP contribution in [0, 0.1) is 0 Å². The van der Waals surface area contributed by atoms with Crippen molar-refractivity contribution >= 4 is 23.5 Å². The first kappa shape index (κ1) is 21.8. The first-order valence-electron chi connectivity index (χ1n) is 9.77. The van der Waals surface area contributed by atoms with Crippen LogP contribution in [-0.4, -0.2) is 83.9 Å². The lowest BCUT2D eigenvalue weighted by molar-refractivity contribution is 0.0686. The fraction of sp³-hybridized carbons (Fsp3) is 1.00. The Morgan fingerprint density at radius 3 is 2.56 bits per heavy atom. The summed E-state index contributed by atoms with van der Waals surface area (Å²) in [5.41, 5.74) is 0.392. The Hall–Kier alpha value is 0.540. The summed E-state index contributed by atoms with van der Waals surface area (Å²) in [7, 11) is 0.